The predicted molar refractivity (Wildman–Crippen MR) is 116 cm³/mol. The monoisotopic (exact) mass is 418 g/mol. The summed E-state index contributed by atoms with van der Waals surface area (Å²) >= 11 is 0. The molecule has 1 aromatic carbocycles. The van der Waals surface area contributed by atoms with Gasteiger partial charge in [-0.15, -0.1) is 0 Å². The van der Waals surface area contributed by atoms with E-state index in [1.54, 1.807) is 12.3 Å². The normalized spacial score (nSPS) is 12.1. The van der Waals surface area contributed by atoms with Gasteiger partial charge >= 0.3 is 5.97 Å². The maximum atomic E-state index is 12.7. The number of hydrogen-bond acceptors (Lipinski definition) is 5. The number of para-hydroxylation sites is 1. The second-order valence-electron chi connectivity index (χ2n) is 7.44. The Hall–Kier alpha value is -3.94. The molecule has 4 aromatic rings. The molecule has 31 heavy (non-hydrogen) atoms. The maximum absolute atomic E-state index is 12.7. The molecule has 0 aliphatic heterocycles. The van der Waals surface area contributed by atoms with E-state index < -0.39 is 12.0 Å². The molecule has 3 aromatic heterocycles. The highest BCUT2D eigenvalue weighted by Gasteiger charge is 2.23. The van der Waals surface area contributed by atoms with Crippen molar-refractivity contribution in [2.45, 2.75) is 32.9 Å². The second-order valence-corrected chi connectivity index (χ2v) is 7.44. The average molecular weight is 418 g/mol. The summed E-state index contributed by atoms with van der Waals surface area (Å²) in [5, 5.41) is 3.63. The molecular weight excluding hydrogens is 396 g/mol. The molecular formula is C23H22N4O4. The summed E-state index contributed by atoms with van der Waals surface area (Å²) in [4.78, 5) is 44.3. The molecule has 8 heteroatoms. The fraction of sp³-hybridized carbons (Fsp3) is 0.217. The van der Waals surface area contributed by atoms with E-state index in [0.29, 0.717) is 11.3 Å². The quantitative estimate of drug-likeness (QED) is 0.468. The van der Waals surface area contributed by atoms with Gasteiger partial charge in [0, 0.05) is 42.7 Å². The van der Waals surface area contributed by atoms with Crippen molar-refractivity contribution >= 4 is 28.4 Å². The number of H-pyrrole nitrogens is 1. The van der Waals surface area contributed by atoms with E-state index in [1.807, 2.05) is 43.5 Å². The highest BCUT2D eigenvalue weighted by molar-refractivity contribution is 5.86. The Bertz CT molecular complexity index is 1340. The van der Waals surface area contributed by atoms with Crippen molar-refractivity contribution < 1.29 is 14.3 Å². The molecule has 1 unspecified atom stereocenters. The molecule has 0 aliphatic rings. The Morgan fingerprint density at radius 2 is 2.03 bits per heavy atom. The molecule has 0 spiro atoms. The van der Waals surface area contributed by atoms with Gasteiger partial charge in [-0.25, -0.2) is 9.78 Å². The molecule has 0 aliphatic carbocycles. The number of aryl methyl sites for hydroxylation is 1. The minimum Gasteiger partial charge on any atom is -0.458 e. The third-order valence-electron chi connectivity index (χ3n) is 4.98. The molecule has 0 saturated heterocycles. The van der Waals surface area contributed by atoms with Crippen molar-refractivity contribution in [3.05, 3.63) is 82.0 Å². The van der Waals surface area contributed by atoms with Crippen LogP contribution in [0.4, 0.5) is 0 Å². The van der Waals surface area contributed by atoms with Gasteiger partial charge in [-0.2, -0.15) is 0 Å². The Balaban J connectivity index is 1.51. The molecule has 3 heterocycles. The number of aromatic nitrogens is 3. The summed E-state index contributed by atoms with van der Waals surface area (Å²) in [5.41, 5.74) is 3.34. The minimum absolute atomic E-state index is 0.164. The minimum atomic E-state index is -0.860. The summed E-state index contributed by atoms with van der Waals surface area (Å²) < 4.78 is 6.85. The van der Waals surface area contributed by atoms with Crippen LogP contribution in [0.15, 0.2) is 59.7 Å². The highest BCUT2D eigenvalue weighted by atomic mass is 16.5. The van der Waals surface area contributed by atoms with Crippen molar-refractivity contribution in [3.63, 3.8) is 0 Å². The maximum Gasteiger partial charge on any atom is 0.329 e. The van der Waals surface area contributed by atoms with Crippen LogP contribution in [0.2, 0.25) is 0 Å². The zero-order valence-corrected chi connectivity index (χ0v) is 17.2. The number of pyridine rings is 1. The summed E-state index contributed by atoms with van der Waals surface area (Å²) in [5.74, 6) is -0.925. The Morgan fingerprint density at radius 3 is 2.84 bits per heavy atom. The number of nitrogens with one attached hydrogen (secondary N) is 2. The molecule has 8 nitrogen and oxygen atoms in total. The number of amides is 1. The number of carbonyl (C=O) groups is 2. The summed E-state index contributed by atoms with van der Waals surface area (Å²) in [6, 6.07) is 11.8. The number of ether oxygens (including phenoxy) is 1. The summed E-state index contributed by atoms with van der Waals surface area (Å²) in [6.45, 7) is 3.07. The first-order valence-corrected chi connectivity index (χ1v) is 9.88. The third-order valence-corrected chi connectivity index (χ3v) is 4.98. The topological polar surface area (TPSA) is 106 Å². The lowest BCUT2D eigenvalue weighted by atomic mass is 10.0. The lowest BCUT2D eigenvalue weighted by Crippen LogP contribution is -2.42. The summed E-state index contributed by atoms with van der Waals surface area (Å²) in [7, 11) is 0. The first-order chi connectivity index (χ1) is 14.9. The fourth-order valence-electron chi connectivity index (χ4n) is 3.54. The molecule has 0 saturated carbocycles. The fourth-order valence-corrected chi connectivity index (χ4v) is 3.54. The Labute approximate surface area is 177 Å². The third kappa shape index (κ3) is 4.48. The SMILES string of the molecule is CC(=O)NC(Cc1c[nH]c2ccccc12)C(=O)OCc1cc(=O)n2cc(C)ccc2n1. The van der Waals surface area contributed by atoms with E-state index in [9.17, 15) is 14.4 Å². The van der Waals surface area contributed by atoms with Crippen molar-refractivity contribution in [1.29, 1.82) is 0 Å². The van der Waals surface area contributed by atoms with Gasteiger partial charge in [0.05, 0.1) is 5.69 Å². The van der Waals surface area contributed by atoms with E-state index in [2.05, 4.69) is 15.3 Å². The van der Waals surface area contributed by atoms with E-state index >= 15 is 0 Å². The van der Waals surface area contributed by atoms with Crippen molar-refractivity contribution in [3.8, 4) is 0 Å². The molecule has 4 rings (SSSR count). The average Bonchev–Trinajstić information content (AvgIpc) is 3.15. The lowest BCUT2D eigenvalue weighted by Gasteiger charge is -2.16. The van der Waals surface area contributed by atoms with Gasteiger partial charge in [0.15, 0.2) is 0 Å². The number of benzene rings is 1. The largest absolute Gasteiger partial charge is 0.458 e. The molecule has 1 atom stereocenters. The van der Waals surface area contributed by atoms with Gasteiger partial charge in [-0.3, -0.25) is 14.0 Å². The van der Waals surface area contributed by atoms with E-state index in [-0.39, 0.29) is 24.5 Å². The zero-order valence-electron chi connectivity index (χ0n) is 17.2. The van der Waals surface area contributed by atoms with Crippen LogP contribution in [0.1, 0.15) is 23.7 Å². The number of esters is 1. The molecule has 0 radical (unpaired) electrons. The zero-order chi connectivity index (χ0) is 22.0. The molecule has 158 valence electrons. The van der Waals surface area contributed by atoms with Gasteiger partial charge in [0.1, 0.15) is 18.3 Å². The number of rotatable bonds is 6. The van der Waals surface area contributed by atoms with Crippen LogP contribution < -0.4 is 10.9 Å². The predicted octanol–water partition coefficient (Wildman–Crippen LogP) is 2.27. The van der Waals surface area contributed by atoms with Crippen LogP contribution in [0.25, 0.3) is 16.6 Å². The first-order valence-electron chi connectivity index (χ1n) is 9.88. The van der Waals surface area contributed by atoms with Crippen LogP contribution >= 0.6 is 0 Å². The number of fused-ring (bicyclic) bond motifs is 2. The Morgan fingerprint density at radius 1 is 1.23 bits per heavy atom. The van der Waals surface area contributed by atoms with Crippen molar-refractivity contribution in [1.82, 2.24) is 19.7 Å². The van der Waals surface area contributed by atoms with Gasteiger partial charge in [0.2, 0.25) is 5.91 Å². The number of nitrogens with zero attached hydrogens (tertiary/aromatic N) is 2. The molecule has 2 N–H and O–H groups in total. The van der Waals surface area contributed by atoms with Crippen LogP contribution in [-0.2, 0) is 27.4 Å². The van der Waals surface area contributed by atoms with Crippen LogP contribution in [0.5, 0.6) is 0 Å². The van der Waals surface area contributed by atoms with Crippen molar-refractivity contribution in [2.75, 3.05) is 0 Å². The second kappa shape index (κ2) is 8.43. The standard InChI is InChI=1S/C23H22N4O4/c1-14-7-8-21-26-17(10-22(29)27(21)12-14)13-31-23(30)20(25-15(2)28)9-16-11-24-19-6-4-3-5-18(16)19/h3-8,10-12,20,24H,9,13H2,1-2H3,(H,25,28). The number of carbonyl (C=O) groups excluding carboxylic acids is 2. The van der Waals surface area contributed by atoms with Crippen LogP contribution in [-0.4, -0.2) is 32.3 Å². The Kier molecular flexibility index (Phi) is 5.53. The molecule has 0 bridgehead atoms. The smallest absolute Gasteiger partial charge is 0.329 e. The summed E-state index contributed by atoms with van der Waals surface area (Å²) in [6.07, 6.45) is 3.80. The number of hydrogen-bond donors (Lipinski definition) is 2. The van der Waals surface area contributed by atoms with Crippen LogP contribution in [0.3, 0.4) is 0 Å². The van der Waals surface area contributed by atoms with Gasteiger partial charge in [-0.1, -0.05) is 24.3 Å². The van der Waals surface area contributed by atoms with E-state index in [4.69, 9.17) is 4.74 Å². The lowest BCUT2D eigenvalue weighted by molar-refractivity contribution is -0.149. The van der Waals surface area contributed by atoms with E-state index in [0.717, 1.165) is 22.0 Å². The van der Waals surface area contributed by atoms with E-state index in [1.165, 1.54) is 17.4 Å². The van der Waals surface area contributed by atoms with Gasteiger partial charge in [-0.05, 0) is 30.2 Å². The van der Waals surface area contributed by atoms with Crippen molar-refractivity contribution in [2.24, 2.45) is 0 Å². The van der Waals surface area contributed by atoms with Crippen LogP contribution in [0, 0.1) is 6.92 Å². The molecule has 0 fully saturated rings. The number of aromatic amines is 1. The first kappa shape index (κ1) is 20.3. The molecule has 1 amide bonds. The highest BCUT2D eigenvalue weighted by Crippen LogP contribution is 2.19. The van der Waals surface area contributed by atoms with Gasteiger partial charge < -0.3 is 15.0 Å². The van der Waals surface area contributed by atoms with Gasteiger partial charge in [0.25, 0.3) is 5.56 Å².